The number of nitrogens with one attached hydrogen (secondary N) is 3. The fourth-order valence-corrected chi connectivity index (χ4v) is 3.96. The molecule has 1 aliphatic rings. The van der Waals surface area contributed by atoms with Crippen molar-refractivity contribution >= 4 is 52.6 Å². The Labute approximate surface area is 189 Å². The van der Waals surface area contributed by atoms with E-state index in [1.165, 1.54) is 0 Å². The highest BCUT2D eigenvalue weighted by Gasteiger charge is 2.49. The number of carbonyl (C=O) groups excluding carboxylic acids is 2. The number of amides is 3. The summed E-state index contributed by atoms with van der Waals surface area (Å²) in [5.74, 6) is 0.878. The number of carbonyl (C=O) groups is 2. The number of benzene rings is 2. The van der Waals surface area contributed by atoms with Crippen molar-refractivity contribution in [2.75, 3.05) is 19.4 Å². The van der Waals surface area contributed by atoms with Crippen molar-refractivity contribution in [2.24, 2.45) is 0 Å². The van der Waals surface area contributed by atoms with Crippen LogP contribution in [0.25, 0.3) is 0 Å². The first-order valence-electron chi connectivity index (χ1n) is 9.07. The molecule has 7 nitrogen and oxygen atoms in total. The lowest BCUT2D eigenvalue weighted by molar-refractivity contribution is -0.132. The number of methoxy groups -OCH3 is 1. The van der Waals surface area contributed by atoms with E-state index >= 15 is 0 Å². The molecule has 0 radical (unpaired) electrons. The number of thiocarbonyl (C=S) groups is 1. The van der Waals surface area contributed by atoms with Crippen molar-refractivity contribution in [3.05, 3.63) is 59.1 Å². The largest absolute Gasteiger partial charge is 0.497 e. The number of ether oxygens (including phenoxy) is 1. The lowest BCUT2D eigenvalue weighted by Gasteiger charge is -2.23. The van der Waals surface area contributed by atoms with Crippen LogP contribution in [0.5, 0.6) is 5.75 Å². The molecule has 2 aromatic rings. The second kappa shape index (κ2) is 9.55. The fraction of sp³-hybridized carbons (Fsp3) is 0.250. The summed E-state index contributed by atoms with van der Waals surface area (Å²) >= 11 is 12.7. The number of hydrazine groups is 1. The zero-order chi connectivity index (χ0) is 21.7. The van der Waals surface area contributed by atoms with Gasteiger partial charge in [-0.1, -0.05) is 23.7 Å². The maximum Gasteiger partial charge on any atom is 0.344 e. The van der Waals surface area contributed by atoms with Crippen molar-refractivity contribution in [1.82, 2.24) is 21.1 Å². The van der Waals surface area contributed by atoms with Gasteiger partial charge in [0.1, 0.15) is 11.3 Å². The zero-order valence-corrected chi connectivity index (χ0v) is 18.8. The van der Waals surface area contributed by atoms with Gasteiger partial charge in [-0.25, -0.2) is 4.79 Å². The van der Waals surface area contributed by atoms with E-state index in [0.29, 0.717) is 22.9 Å². The van der Waals surface area contributed by atoms with Crippen LogP contribution in [0.15, 0.2) is 53.4 Å². The van der Waals surface area contributed by atoms with E-state index in [4.69, 9.17) is 28.6 Å². The van der Waals surface area contributed by atoms with Gasteiger partial charge in [0.2, 0.25) is 0 Å². The quantitative estimate of drug-likeness (QED) is 0.251. The van der Waals surface area contributed by atoms with E-state index < -0.39 is 17.5 Å². The summed E-state index contributed by atoms with van der Waals surface area (Å²) in [6.07, 6.45) is 0. The highest BCUT2D eigenvalue weighted by molar-refractivity contribution is 7.99. The van der Waals surface area contributed by atoms with Crippen molar-refractivity contribution < 1.29 is 14.3 Å². The van der Waals surface area contributed by atoms with Crippen LogP contribution >= 0.6 is 35.6 Å². The van der Waals surface area contributed by atoms with Gasteiger partial charge < -0.3 is 15.4 Å². The molecule has 0 bridgehead atoms. The van der Waals surface area contributed by atoms with Crippen LogP contribution in [0.4, 0.5) is 4.79 Å². The number of hydrogen-bond acceptors (Lipinski definition) is 5. The van der Waals surface area contributed by atoms with E-state index in [2.05, 4.69) is 16.1 Å². The van der Waals surface area contributed by atoms with E-state index in [1.807, 2.05) is 24.3 Å². The van der Waals surface area contributed by atoms with Gasteiger partial charge >= 0.3 is 6.03 Å². The van der Waals surface area contributed by atoms with Gasteiger partial charge in [0, 0.05) is 22.2 Å². The van der Waals surface area contributed by atoms with Crippen LogP contribution in [0.2, 0.25) is 5.02 Å². The maximum absolute atomic E-state index is 13.0. The first-order valence-corrected chi connectivity index (χ1v) is 10.8. The molecule has 0 aromatic heterocycles. The minimum Gasteiger partial charge on any atom is -0.497 e. The average molecular weight is 465 g/mol. The van der Waals surface area contributed by atoms with Gasteiger partial charge in [-0.3, -0.25) is 10.2 Å². The first-order chi connectivity index (χ1) is 14.3. The minimum atomic E-state index is -1.22. The van der Waals surface area contributed by atoms with Crippen LogP contribution in [0.1, 0.15) is 12.5 Å². The molecule has 3 amide bonds. The summed E-state index contributed by atoms with van der Waals surface area (Å²) < 4.78 is 5.21. The van der Waals surface area contributed by atoms with Gasteiger partial charge in [-0.15, -0.1) is 11.8 Å². The molecule has 0 aliphatic carbocycles. The molecule has 1 unspecified atom stereocenters. The van der Waals surface area contributed by atoms with Crippen LogP contribution in [-0.4, -0.2) is 41.5 Å². The summed E-state index contributed by atoms with van der Waals surface area (Å²) in [6.45, 7) is 2.19. The SMILES string of the molecule is COc1cccc(C2(C)NC(=O)N(NC(=S)NCCSc3ccc(Cl)cc3)C2=O)c1. The van der Waals surface area contributed by atoms with Gasteiger partial charge in [0.25, 0.3) is 5.91 Å². The molecule has 3 N–H and O–H groups in total. The van der Waals surface area contributed by atoms with E-state index in [1.54, 1.807) is 50.1 Å². The van der Waals surface area contributed by atoms with Gasteiger partial charge in [-0.2, -0.15) is 5.01 Å². The predicted octanol–water partition coefficient (Wildman–Crippen LogP) is 3.29. The second-order valence-corrected chi connectivity index (χ2v) is 8.61. The van der Waals surface area contributed by atoms with E-state index in [0.717, 1.165) is 15.7 Å². The summed E-state index contributed by atoms with van der Waals surface area (Å²) in [4.78, 5) is 26.4. The van der Waals surface area contributed by atoms with Crippen LogP contribution < -0.4 is 20.8 Å². The topological polar surface area (TPSA) is 82.7 Å². The number of halogens is 1. The Hall–Kier alpha value is -2.49. The molecule has 0 spiro atoms. The highest BCUT2D eigenvalue weighted by atomic mass is 35.5. The van der Waals surface area contributed by atoms with Crippen LogP contribution in [0.3, 0.4) is 0 Å². The molecule has 0 saturated carbocycles. The molecule has 1 saturated heterocycles. The van der Waals surface area contributed by atoms with Crippen molar-refractivity contribution in [3.8, 4) is 5.75 Å². The number of rotatable bonds is 7. The molecule has 2 aromatic carbocycles. The summed E-state index contributed by atoms with van der Waals surface area (Å²) in [5, 5.41) is 7.48. The molecule has 1 atom stereocenters. The Morgan fingerprint density at radius 2 is 2.00 bits per heavy atom. The number of hydrogen-bond donors (Lipinski definition) is 3. The van der Waals surface area contributed by atoms with E-state index in [-0.39, 0.29) is 5.11 Å². The molecule has 1 heterocycles. The number of imide groups is 1. The molecule has 1 aliphatic heterocycles. The standard InChI is InChI=1S/C20H21ClN4O3S2/c1-20(13-4-3-5-15(12-13)28-2)17(26)25(19(27)23-20)24-18(29)22-10-11-30-16-8-6-14(21)7-9-16/h3-9,12H,10-11H2,1-2H3,(H,23,27)(H2,22,24,29). The van der Waals surface area contributed by atoms with Gasteiger partial charge in [-0.05, 0) is 61.1 Å². The van der Waals surface area contributed by atoms with Gasteiger partial charge in [0.05, 0.1) is 7.11 Å². The van der Waals surface area contributed by atoms with Crippen molar-refractivity contribution in [3.63, 3.8) is 0 Å². The Morgan fingerprint density at radius 1 is 1.27 bits per heavy atom. The summed E-state index contributed by atoms with van der Waals surface area (Å²) in [5.41, 5.74) is 2.06. The Morgan fingerprint density at radius 3 is 2.70 bits per heavy atom. The number of thioether (sulfide) groups is 1. The Bertz CT molecular complexity index is 957. The highest BCUT2D eigenvalue weighted by Crippen LogP contribution is 2.30. The summed E-state index contributed by atoms with van der Waals surface area (Å²) in [7, 11) is 1.54. The maximum atomic E-state index is 13.0. The molecule has 10 heteroatoms. The monoisotopic (exact) mass is 464 g/mol. The smallest absolute Gasteiger partial charge is 0.344 e. The second-order valence-electron chi connectivity index (χ2n) is 6.60. The van der Waals surface area contributed by atoms with Crippen LogP contribution in [-0.2, 0) is 10.3 Å². The lowest BCUT2D eigenvalue weighted by Crippen LogP contribution is -2.51. The molecular formula is C20H21ClN4O3S2. The molecule has 30 heavy (non-hydrogen) atoms. The van der Waals surface area contributed by atoms with Crippen molar-refractivity contribution in [1.29, 1.82) is 0 Å². The van der Waals surface area contributed by atoms with E-state index in [9.17, 15) is 9.59 Å². The third-order valence-electron chi connectivity index (χ3n) is 4.52. The molecule has 1 fully saturated rings. The number of nitrogens with zero attached hydrogens (tertiary/aromatic N) is 1. The molecule has 3 rings (SSSR count). The average Bonchev–Trinajstić information content (AvgIpc) is 2.96. The fourth-order valence-electron chi connectivity index (χ4n) is 2.88. The predicted molar refractivity (Wildman–Crippen MR) is 122 cm³/mol. The number of urea groups is 1. The summed E-state index contributed by atoms with van der Waals surface area (Å²) in [6, 6.07) is 14.0. The zero-order valence-electron chi connectivity index (χ0n) is 16.4. The van der Waals surface area contributed by atoms with Crippen LogP contribution in [0, 0.1) is 0 Å². The minimum absolute atomic E-state index is 0.185. The first kappa shape index (κ1) is 22.2. The van der Waals surface area contributed by atoms with Gasteiger partial charge in [0.15, 0.2) is 5.11 Å². The lowest BCUT2D eigenvalue weighted by atomic mass is 9.92. The third-order valence-corrected chi connectivity index (χ3v) is 6.02. The Kier molecular flexibility index (Phi) is 7.06. The normalized spacial score (nSPS) is 18.2. The Balaban J connectivity index is 1.54. The molecular weight excluding hydrogens is 444 g/mol. The van der Waals surface area contributed by atoms with Crippen molar-refractivity contribution in [2.45, 2.75) is 17.4 Å². The molecule has 158 valence electrons. The third kappa shape index (κ3) is 4.97.